The summed E-state index contributed by atoms with van der Waals surface area (Å²) in [5.74, 6) is 0.209. The minimum Gasteiger partial charge on any atom is -0.383 e. The lowest BCUT2D eigenvalue weighted by molar-refractivity contribution is 1.30. The smallest absolute Gasteiger partial charge is 0.142 e. The van der Waals surface area contributed by atoms with Crippen LogP contribution in [0, 0.1) is 36.5 Å². The molecule has 0 aliphatic heterocycles. The van der Waals surface area contributed by atoms with Crippen molar-refractivity contribution in [3.63, 3.8) is 0 Å². The van der Waals surface area contributed by atoms with Gasteiger partial charge in [-0.1, -0.05) is 35.9 Å². The molecule has 25 heavy (non-hydrogen) atoms. The van der Waals surface area contributed by atoms with Crippen molar-refractivity contribution in [3.8, 4) is 34.5 Å². The van der Waals surface area contributed by atoms with Crippen LogP contribution < -0.4 is 5.73 Å². The van der Waals surface area contributed by atoms with Crippen LogP contribution in [0.4, 0.5) is 5.82 Å². The highest BCUT2D eigenvalue weighted by Crippen LogP contribution is 2.33. The zero-order chi connectivity index (χ0) is 18.0. The van der Waals surface area contributed by atoms with E-state index in [1.54, 1.807) is 12.1 Å². The van der Waals surface area contributed by atoms with Gasteiger partial charge in [-0.05, 0) is 43.2 Å². The van der Waals surface area contributed by atoms with E-state index < -0.39 is 0 Å². The fourth-order valence-corrected chi connectivity index (χ4v) is 2.78. The van der Waals surface area contributed by atoms with E-state index in [4.69, 9.17) is 11.0 Å². The largest absolute Gasteiger partial charge is 0.383 e. The number of aryl methyl sites for hydroxylation is 2. The quantitative estimate of drug-likeness (QED) is 0.759. The van der Waals surface area contributed by atoms with Gasteiger partial charge in [0.2, 0.25) is 0 Å². The standard InChI is InChI=1S/C21H16N4/c1-13-3-4-14(2)17(9-13)18-10-20(25-21(24)19(18)12-23)16-7-5-15(11-22)6-8-16/h3-10H,1-2H3,(H2,24,25). The van der Waals surface area contributed by atoms with Crippen LogP contribution in [0.2, 0.25) is 0 Å². The van der Waals surface area contributed by atoms with Crippen LogP contribution in [0.15, 0.2) is 48.5 Å². The van der Waals surface area contributed by atoms with Crippen molar-refractivity contribution in [1.82, 2.24) is 4.98 Å². The van der Waals surface area contributed by atoms with Gasteiger partial charge in [-0.25, -0.2) is 4.98 Å². The summed E-state index contributed by atoms with van der Waals surface area (Å²) in [4.78, 5) is 4.38. The fraction of sp³-hybridized carbons (Fsp3) is 0.0952. The Hall–Kier alpha value is -3.63. The van der Waals surface area contributed by atoms with Gasteiger partial charge in [-0.3, -0.25) is 0 Å². The Morgan fingerprint density at radius 2 is 1.60 bits per heavy atom. The highest BCUT2D eigenvalue weighted by Gasteiger charge is 2.15. The average Bonchev–Trinajstić information content (AvgIpc) is 2.63. The van der Waals surface area contributed by atoms with E-state index in [0.717, 1.165) is 27.8 Å². The van der Waals surface area contributed by atoms with Crippen LogP contribution in [-0.2, 0) is 0 Å². The van der Waals surface area contributed by atoms with Gasteiger partial charge in [0.05, 0.1) is 17.3 Å². The maximum absolute atomic E-state index is 9.54. The number of nitrogens with zero attached hydrogens (tertiary/aromatic N) is 3. The predicted octanol–water partition coefficient (Wildman–Crippen LogP) is 4.36. The Morgan fingerprint density at radius 1 is 0.880 bits per heavy atom. The highest BCUT2D eigenvalue weighted by molar-refractivity contribution is 5.81. The second-order valence-electron chi connectivity index (χ2n) is 5.93. The lowest BCUT2D eigenvalue weighted by Crippen LogP contribution is -2.00. The zero-order valence-corrected chi connectivity index (χ0v) is 14.0. The molecule has 0 saturated carbocycles. The molecule has 0 bridgehead atoms. The third-order valence-electron chi connectivity index (χ3n) is 4.15. The van der Waals surface area contributed by atoms with Gasteiger partial charge in [-0.15, -0.1) is 0 Å². The molecule has 0 spiro atoms. The number of nitrogen functional groups attached to an aromatic ring is 1. The fourth-order valence-electron chi connectivity index (χ4n) is 2.78. The van der Waals surface area contributed by atoms with E-state index in [1.165, 1.54) is 0 Å². The number of rotatable bonds is 2. The maximum Gasteiger partial charge on any atom is 0.142 e. The molecule has 0 atom stereocenters. The number of nitrogens with two attached hydrogens (primary N) is 1. The molecule has 0 aliphatic rings. The van der Waals surface area contributed by atoms with Crippen LogP contribution in [-0.4, -0.2) is 4.98 Å². The number of pyridine rings is 1. The van der Waals surface area contributed by atoms with Crippen LogP contribution in [0.3, 0.4) is 0 Å². The van der Waals surface area contributed by atoms with Crippen LogP contribution in [0.1, 0.15) is 22.3 Å². The molecular formula is C21H16N4. The van der Waals surface area contributed by atoms with Crippen LogP contribution in [0.25, 0.3) is 22.4 Å². The molecule has 0 fully saturated rings. The Balaban J connectivity index is 2.24. The van der Waals surface area contributed by atoms with E-state index >= 15 is 0 Å². The average molecular weight is 324 g/mol. The van der Waals surface area contributed by atoms with Crippen LogP contribution >= 0.6 is 0 Å². The molecule has 0 aliphatic carbocycles. The molecule has 120 valence electrons. The minimum atomic E-state index is 0.209. The van der Waals surface area contributed by atoms with Gasteiger partial charge in [0.1, 0.15) is 17.5 Å². The molecule has 4 heteroatoms. The third-order valence-corrected chi connectivity index (χ3v) is 4.15. The van der Waals surface area contributed by atoms with Gasteiger partial charge < -0.3 is 5.73 Å². The molecule has 0 radical (unpaired) electrons. The summed E-state index contributed by atoms with van der Waals surface area (Å²) in [6.45, 7) is 4.02. The second-order valence-corrected chi connectivity index (χ2v) is 5.93. The molecule has 3 rings (SSSR count). The minimum absolute atomic E-state index is 0.209. The van der Waals surface area contributed by atoms with E-state index in [0.29, 0.717) is 16.8 Å². The molecule has 1 aromatic heterocycles. The number of anilines is 1. The summed E-state index contributed by atoms with van der Waals surface area (Å²) >= 11 is 0. The first-order valence-electron chi connectivity index (χ1n) is 7.82. The van der Waals surface area contributed by atoms with Crippen molar-refractivity contribution in [2.75, 3.05) is 5.73 Å². The Labute approximate surface area is 146 Å². The highest BCUT2D eigenvalue weighted by atomic mass is 14.8. The predicted molar refractivity (Wildman–Crippen MR) is 98.4 cm³/mol. The van der Waals surface area contributed by atoms with E-state index in [9.17, 15) is 5.26 Å². The van der Waals surface area contributed by atoms with Crippen molar-refractivity contribution >= 4 is 5.82 Å². The maximum atomic E-state index is 9.54. The third kappa shape index (κ3) is 3.06. The number of benzene rings is 2. The molecular weight excluding hydrogens is 308 g/mol. The van der Waals surface area contributed by atoms with Gasteiger partial charge in [0.25, 0.3) is 0 Å². The summed E-state index contributed by atoms with van der Waals surface area (Å²) in [5.41, 5.74) is 12.5. The SMILES string of the molecule is Cc1ccc(C)c(-c2cc(-c3ccc(C#N)cc3)nc(N)c2C#N)c1. The molecule has 0 unspecified atom stereocenters. The van der Waals surface area contributed by atoms with Gasteiger partial charge >= 0.3 is 0 Å². The van der Waals surface area contributed by atoms with Gasteiger partial charge in [0, 0.05) is 11.1 Å². The van der Waals surface area contributed by atoms with Gasteiger partial charge in [0.15, 0.2) is 0 Å². The normalized spacial score (nSPS) is 10.1. The van der Waals surface area contributed by atoms with Crippen molar-refractivity contribution in [2.24, 2.45) is 0 Å². The molecule has 0 saturated heterocycles. The summed E-state index contributed by atoms with van der Waals surface area (Å²) in [6.07, 6.45) is 0. The van der Waals surface area contributed by atoms with Crippen molar-refractivity contribution in [2.45, 2.75) is 13.8 Å². The number of hydrogen-bond donors (Lipinski definition) is 1. The second kappa shape index (κ2) is 6.47. The van der Waals surface area contributed by atoms with E-state index in [1.807, 2.05) is 50.2 Å². The number of hydrogen-bond acceptors (Lipinski definition) is 4. The van der Waals surface area contributed by atoms with Crippen LogP contribution in [0.5, 0.6) is 0 Å². The monoisotopic (exact) mass is 324 g/mol. The summed E-state index contributed by atoms with van der Waals surface area (Å²) in [5, 5.41) is 18.5. The van der Waals surface area contributed by atoms with Gasteiger partial charge in [-0.2, -0.15) is 10.5 Å². The van der Waals surface area contributed by atoms with E-state index in [-0.39, 0.29) is 5.82 Å². The first-order valence-corrected chi connectivity index (χ1v) is 7.82. The first kappa shape index (κ1) is 16.2. The molecule has 4 nitrogen and oxygen atoms in total. The number of nitriles is 2. The Kier molecular flexibility index (Phi) is 4.20. The lowest BCUT2D eigenvalue weighted by atomic mass is 9.94. The molecule has 3 aromatic rings. The summed E-state index contributed by atoms with van der Waals surface area (Å²) < 4.78 is 0. The molecule has 1 heterocycles. The Morgan fingerprint density at radius 3 is 2.24 bits per heavy atom. The lowest BCUT2D eigenvalue weighted by Gasteiger charge is -2.13. The topological polar surface area (TPSA) is 86.5 Å². The first-order chi connectivity index (χ1) is 12.0. The summed E-state index contributed by atoms with van der Waals surface area (Å²) in [7, 11) is 0. The molecule has 0 amide bonds. The summed E-state index contributed by atoms with van der Waals surface area (Å²) in [6, 6.07) is 19.4. The van der Waals surface area contributed by atoms with Crippen molar-refractivity contribution < 1.29 is 0 Å². The Bertz CT molecular complexity index is 1040. The molecule has 2 N–H and O–H groups in total. The van der Waals surface area contributed by atoms with Crippen molar-refractivity contribution in [3.05, 3.63) is 70.8 Å². The van der Waals surface area contributed by atoms with E-state index in [2.05, 4.69) is 17.1 Å². The molecule has 2 aromatic carbocycles. The zero-order valence-electron chi connectivity index (χ0n) is 14.0. The number of aromatic nitrogens is 1. The van der Waals surface area contributed by atoms with Crippen molar-refractivity contribution in [1.29, 1.82) is 10.5 Å².